The molecule has 0 fully saturated rings. The maximum absolute atomic E-state index is 12.9. The van der Waals surface area contributed by atoms with Crippen molar-refractivity contribution in [3.05, 3.63) is 117 Å². The summed E-state index contributed by atoms with van der Waals surface area (Å²) in [6.07, 6.45) is 1.24. The number of phosphoric acid groups is 1. The number of rotatable bonds is 14. The fraction of sp³-hybridized carbons (Fsp3) is 0.188. The highest BCUT2D eigenvalue weighted by atomic mass is 35.5. The summed E-state index contributed by atoms with van der Waals surface area (Å²) in [7, 11) is -1.95. The van der Waals surface area contributed by atoms with Gasteiger partial charge in [-0.15, -0.1) is 0 Å². The van der Waals surface area contributed by atoms with Gasteiger partial charge in [-0.2, -0.15) is 0 Å². The van der Waals surface area contributed by atoms with Gasteiger partial charge < -0.3 is 18.5 Å². The van der Waals surface area contributed by atoms with E-state index in [1.165, 1.54) is 50.6 Å². The Hall–Kier alpha value is -3.81. The fourth-order valence-electron chi connectivity index (χ4n) is 4.37. The minimum atomic E-state index is -4.70. The number of carbonyl (C=O) groups excluding carboxylic acids is 2. The number of methoxy groups -OCH3 is 2. The molecular formula is C32H29Cl2O8P. The molecule has 0 heterocycles. The van der Waals surface area contributed by atoms with Gasteiger partial charge in [0, 0.05) is 35.0 Å². The van der Waals surface area contributed by atoms with Crippen molar-refractivity contribution in [3.8, 4) is 23.0 Å². The summed E-state index contributed by atoms with van der Waals surface area (Å²) < 4.78 is 34.0. The van der Waals surface area contributed by atoms with Crippen molar-refractivity contribution in [1.29, 1.82) is 0 Å². The topological polar surface area (TPSA) is 108 Å². The molecule has 0 bridgehead atoms. The lowest BCUT2D eigenvalue weighted by Crippen LogP contribution is -2.06. The first-order valence-corrected chi connectivity index (χ1v) is 15.5. The normalized spacial score (nSPS) is 11.1. The maximum Gasteiger partial charge on any atom is 0.584 e. The van der Waals surface area contributed by atoms with Crippen LogP contribution in [0.15, 0.2) is 84.9 Å². The zero-order valence-corrected chi connectivity index (χ0v) is 25.8. The van der Waals surface area contributed by atoms with Crippen LogP contribution in [-0.2, 0) is 17.4 Å². The largest absolute Gasteiger partial charge is 0.584 e. The predicted octanol–water partition coefficient (Wildman–Crippen LogP) is 8.20. The molecule has 0 atom stereocenters. The Morgan fingerprint density at radius 2 is 1.07 bits per heavy atom. The lowest BCUT2D eigenvalue weighted by atomic mass is 10.0. The van der Waals surface area contributed by atoms with Crippen LogP contribution in [0.5, 0.6) is 23.0 Å². The molecule has 4 aromatic rings. The second kappa shape index (κ2) is 14.6. The van der Waals surface area contributed by atoms with Crippen molar-refractivity contribution >= 4 is 42.6 Å². The Morgan fingerprint density at radius 1 is 0.674 bits per heavy atom. The van der Waals surface area contributed by atoms with E-state index in [-0.39, 0.29) is 58.5 Å². The fourth-order valence-corrected chi connectivity index (χ4v) is 5.63. The molecule has 11 heteroatoms. The summed E-state index contributed by atoms with van der Waals surface area (Å²) in [4.78, 5) is 36.2. The van der Waals surface area contributed by atoms with E-state index in [0.29, 0.717) is 22.9 Å². The summed E-state index contributed by atoms with van der Waals surface area (Å²) in [5.41, 5.74) is 2.27. The molecule has 4 aromatic carbocycles. The van der Waals surface area contributed by atoms with Gasteiger partial charge in [0.05, 0.1) is 25.3 Å². The smallest absolute Gasteiger partial charge is 0.496 e. The summed E-state index contributed by atoms with van der Waals surface area (Å²) in [6.45, 7) is 0. The van der Waals surface area contributed by atoms with Crippen molar-refractivity contribution in [3.63, 3.8) is 0 Å². The van der Waals surface area contributed by atoms with Crippen LogP contribution in [0.1, 0.15) is 44.7 Å². The number of aryl methyl sites for hydroxylation is 2. The SMILES string of the molecule is COc1cc(OP(=O)(O)Oc2ccc(C(=O)CCc3ccccc3Cl)c(OC)c2)ccc1C(=O)CCc1ccccc1Cl. The Bertz CT molecular complexity index is 1550. The van der Waals surface area contributed by atoms with Crippen LogP contribution in [0.2, 0.25) is 10.0 Å². The minimum absolute atomic E-state index is 0.0522. The van der Waals surface area contributed by atoms with E-state index in [9.17, 15) is 19.0 Å². The van der Waals surface area contributed by atoms with Gasteiger partial charge in [-0.3, -0.25) is 14.5 Å². The van der Waals surface area contributed by atoms with Crippen LogP contribution >= 0.6 is 31.0 Å². The molecule has 224 valence electrons. The first-order chi connectivity index (χ1) is 20.6. The second-order valence-corrected chi connectivity index (χ2v) is 11.5. The van der Waals surface area contributed by atoms with E-state index in [0.717, 1.165) is 11.1 Å². The van der Waals surface area contributed by atoms with Crippen molar-refractivity contribution in [2.75, 3.05) is 14.2 Å². The lowest BCUT2D eigenvalue weighted by molar-refractivity contribution is 0.0971. The average molecular weight is 643 g/mol. The molecular weight excluding hydrogens is 614 g/mol. The third-order valence-electron chi connectivity index (χ3n) is 6.55. The highest BCUT2D eigenvalue weighted by Crippen LogP contribution is 2.46. The Morgan fingerprint density at radius 3 is 1.44 bits per heavy atom. The van der Waals surface area contributed by atoms with E-state index < -0.39 is 7.82 Å². The van der Waals surface area contributed by atoms with Crippen LogP contribution in [0, 0.1) is 0 Å². The van der Waals surface area contributed by atoms with Crippen LogP contribution in [0.3, 0.4) is 0 Å². The minimum Gasteiger partial charge on any atom is -0.496 e. The van der Waals surface area contributed by atoms with Crippen molar-refractivity contribution < 1.29 is 37.6 Å². The molecule has 0 aliphatic heterocycles. The highest BCUT2D eigenvalue weighted by Gasteiger charge is 2.27. The molecule has 0 amide bonds. The molecule has 0 aromatic heterocycles. The van der Waals surface area contributed by atoms with Crippen LogP contribution in [-0.4, -0.2) is 30.7 Å². The number of Topliss-reactive ketones (excluding diaryl/α,β-unsaturated/α-hetero) is 2. The standard InChI is InChI=1S/C32H29Cl2O8P/c1-39-31-19-23(13-15-25(31)29(35)17-11-21-7-3-5-9-27(21)33)41-43(37,38)42-24-14-16-26(32(20-24)40-2)30(36)18-12-22-8-4-6-10-28(22)34/h3-10,13-16,19-20H,11-12,17-18H2,1-2H3,(H,37,38). The lowest BCUT2D eigenvalue weighted by Gasteiger charge is -2.16. The molecule has 0 saturated carbocycles. The maximum atomic E-state index is 12.9. The molecule has 1 N–H and O–H groups in total. The van der Waals surface area contributed by atoms with Gasteiger partial charge in [-0.1, -0.05) is 59.6 Å². The van der Waals surface area contributed by atoms with E-state index in [4.69, 9.17) is 41.7 Å². The Balaban J connectivity index is 1.41. The van der Waals surface area contributed by atoms with Crippen LogP contribution in [0.4, 0.5) is 0 Å². The Kier molecular flexibility index (Phi) is 10.9. The van der Waals surface area contributed by atoms with Gasteiger partial charge in [-0.25, -0.2) is 4.57 Å². The summed E-state index contributed by atoms with van der Waals surface area (Å²) in [6, 6.07) is 22.9. The van der Waals surface area contributed by atoms with E-state index >= 15 is 0 Å². The second-order valence-electron chi connectivity index (χ2n) is 9.40. The van der Waals surface area contributed by atoms with Crippen LogP contribution < -0.4 is 18.5 Å². The van der Waals surface area contributed by atoms with Gasteiger partial charge in [0.25, 0.3) is 0 Å². The highest BCUT2D eigenvalue weighted by molar-refractivity contribution is 7.48. The van der Waals surface area contributed by atoms with E-state index in [1.807, 2.05) is 36.4 Å². The van der Waals surface area contributed by atoms with Crippen LogP contribution in [0.25, 0.3) is 0 Å². The summed E-state index contributed by atoms with van der Waals surface area (Å²) in [5, 5.41) is 1.16. The average Bonchev–Trinajstić information content (AvgIpc) is 2.99. The van der Waals surface area contributed by atoms with Gasteiger partial charge in [0.2, 0.25) is 0 Å². The van der Waals surface area contributed by atoms with Crippen molar-refractivity contribution in [2.45, 2.75) is 25.7 Å². The third-order valence-corrected chi connectivity index (χ3v) is 8.17. The number of benzene rings is 4. The monoisotopic (exact) mass is 642 g/mol. The number of halogens is 2. The first-order valence-electron chi connectivity index (χ1n) is 13.2. The summed E-state index contributed by atoms with van der Waals surface area (Å²) >= 11 is 12.4. The van der Waals surface area contributed by atoms with Crippen molar-refractivity contribution in [2.24, 2.45) is 0 Å². The van der Waals surface area contributed by atoms with Gasteiger partial charge in [0.15, 0.2) is 11.6 Å². The first kappa shape index (κ1) is 32.1. The molecule has 8 nitrogen and oxygen atoms in total. The zero-order chi connectivity index (χ0) is 31.0. The van der Waals surface area contributed by atoms with E-state index in [2.05, 4.69) is 0 Å². The zero-order valence-electron chi connectivity index (χ0n) is 23.4. The number of ketones is 2. The molecule has 0 saturated heterocycles. The number of ether oxygens (including phenoxy) is 2. The Labute approximate surface area is 259 Å². The predicted molar refractivity (Wildman–Crippen MR) is 165 cm³/mol. The third kappa shape index (κ3) is 8.62. The van der Waals surface area contributed by atoms with Gasteiger partial charge in [0.1, 0.15) is 23.0 Å². The number of phosphoric ester groups is 1. The number of hydrogen-bond donors (Lipinski definition) is 1. The molecule has 4 rings (SSSR count). The molecule has 0 unspecified atom stereocenters. The van der Waals surface area contributed by atoms with E-state index in [1.54, 1.807) is 12.1 Å². The molecule has 0 spiro atoms. The molecule has 43 heavy (non-hydrogen) atoms. The summed E-state index contributed by atoms with van der Waals surface area (Å²) in [5.74, 6) is -0.154. The van der Waals surface area contributed by atoms with Crippen molar-refractivity contribution in [1.82, 2.24) is 0 Å². The van der Waals surface area contributed by atoms with Gasteiger partial charge >= 0.3 is 7.82 Å². The quantitative estimate of drug-likeness (QED) is 0.108. The molecule has 0 aliphatic rings. The molecule has 0 radical (unpaired) electrons. The number of hydrogen-bond acceptors (Lipinski definition) is 7. The molecule has 0 aliphatic carbocycles. The van der Waals surface area contributed by atoms with Gasteiger partial charge in [-0.05, 0) is 60.4 Å². The number of carbonyl (C=O) groups is 2.